The molecule has 0 saturated carbocycles. The third-order valence-corrected chi connectivity index (χ3v) is 4.88. The van der Waals surface area contributed by atoms with Crippen LogP contribution in [0.4, 0.5) is 4.39 Å². The van der Waals surface area contributed by atoms with Crippen LogP contribution in [0.5, 0.6) is 17.2 Å². The summed E-state index contributed by atoms with van der Waals surface area (Å²) in [7, 11) is 6.83. The van der Waals surface area contributed by atoms with Crippen LogP contribution in [0.25, 0.3) is 17.0 Å². The number of halogens is 1. The highest BCUT2D eigenvalue weighted by Gasteiger charge is 2.28. The van der Waals surface area contributed by atoms with Gasteiger partial charge in [0.1, 0.15) is 23.7 Å². The van der Waals surface area contributed by atoms with Crippen molar-refractivity contribution in [2.24, 2.45) is 0 Å². The first-order valence-electron chi connectivity index (χ1n) is 11.1. The first-order valence-corrected chi connectivity index (χ1v) is 11.1. The number of benzene rings is 2. The minimum atomic E-state index is -1.26. The average molecular weight is 530 g/mol. The summed E-state index contributed by atoms with van der Waals surface area (Å²) >= 11 is 0. The number of aliphatic carboxylic acids is 2. The Morgan fingerprint density at radius 3 is 2.05 bits per heavy atom. The molecule has 11 heteroatoms. The van der Waals surface area contributed by atoms with Crippen molar-refractivity contribution in [2.45, 2.75) is 0 Å². The fourth-order valence-electron chi connectivity index (χ4n) is 3.18. The summed E-state index contributed by atoms with van der Waals surface area (Å²) in [6.07, 6.45) is 5.62. The highest BCUT2D eigenvalue weighted by Crippen LogP contribution is 2.46. The molecule has 0 atom stereocenters. The number of likely N-dealkylation sites (N-methyl/N-ethyl adjacent to an activating group) is 1. The maximum Gasteiger partial charge on any atom is 0.328 e. The van der Waals surface area contributed by atoms with E-state index in [1.54, 1.807) is 24.3 Å². The Bertz CT molecular complexity index is 1310. The number of carbonyl (C=O) groups is 3. The number of nitrogens with zero attached hydrogens (tertiary/aromatic N) is 1. The molecule has 0 unspecified atom stereocenters. The summed E-state index contributed by atoms with van der Waals surface area (Å²) in [5, 5.41) is 16.2. The van der Waals surface area contributed by atoms with Gasteiger partial charge in [-0.3, -0.25) is 4.79 Å². The van der Waals surface area contributed by atoms with Gasteiger partial charge in [-0.05, 0) is 43.9 Å². The van der Waals surface area contributed by atoms with Gasteiger partial charge in [0.05, 0.1) is 25.9 Å². The quantitative estimate of drug-likeness (QED) is 0.276. The molecular formula is C27H28FNO9. The van der Waals surface area contributed by atoms with Gasteiger partial charge in [-0.2, -0.15) is 0 Å². The van der Waals surface area contributed by atoms with Crippen molar-refractivity contribution in [1.82, 2.24) is 4.90 Å². The molecule has 2 N–H and O–H groups in total. The fraction of sp³-hybridized carbons (Fsp3) is 0.222. The number of hydrogen-bond donors (Lipinski definition) is 2. The molecule has 3 aromatic rings. The van der Waals surface area contributed by atoms with Crippen molar-refractivity contribution < 1.29 is 47.6 Å². The molecule has 0 saturated heterocycles. The number of methoxy groups -OCH3 is 2. The topological polar surface area (TPSA) is 136 Å². The Balaban J connectivity index is 0.000000550. The van der Waals surface area contributed by atoms with E-state index in [1.807, 2.05) is 19.0 Å². The lowest BCUT2D eigenvalue weighted by Crippen LogP contribution is -2.20. The monoisotopic (exact) mass is 529 g/mol. The van der Waals surface area contributed by atoms with Crippen LogP contribution in [0.2, 0.25) is 0 Å². The number of carboxylic acids is 2. The van der Waals surface area contributed by atoms with Crippen LogP contribution >= 0.6 is 0 Å². The molecule has 1 heterocycles. The molecule has 0 radical (unpaired) electrons. The lowest BCUT2D eigenvalue weighted by Gasteiger charge is -2.18. The number of furan rings is 1. The summed E-state index contributed by atoms with van der Waals surface area (Å²) in [6.45, 7) is 0.974. The highest BCUT2D eigenvalue weighted by molar-refractivity contribution is 6.15. The van der Waals surface area contributed by atoms with Gasteiger partial charge in [-0.25, -0.2) is 14.0 Å². The lowest BCUT2D eigenvalue weighted by molar-refractivity contribution is -0.134. The Labute approximate surface area is 218 Å². The summed E-state index contributed by atoms with van der Waals surface area (Å²) < 4.78 is 35.8. The predicted octanol–water partition coefficient (Wildman–Crippen LogP) is 4.14. The van der Waals surface area contributed by atoms with E-state index in [-0.39, 0.29) is 22.9 Å². The van der Waals surface area contributed by atoms with Crippen LogP contribution in [0.1, 0.15) is 15.9 Å². The normalized spacial score (nSPS) is 11.0. The fourth-order valence-corrected chi connectivity index (χ4v) is 3.18. The van der Waals surface area contributed by atoms with Crippen molar-refractivity contribution in [1.29, 1.82) is 0 Å². The van der Waals surface area contributed by atoms with Crippen LogP contribution < -0.4 is 14.2 Å². The predicted molar refractivity (Wildman–Crippen MR) is 138 cm³/mol. The standard InChI is InChI=1S/C23H24FNO5.C4H4O4/c1-25(2)12-14-30-22-19(18(26)10-7-15-5-8-16(24)9-6-15)20(27-3)17-11-13-29-21(17)23(22)28-4;5-3(6)1-2-4(7)8/h5-11,13H,12,14H2,1-4H3;1-2H,(H,5,6)(H,7,8)/b;2-1-. The molecular weight excluding hydrogens is 501 g/mol. The maximum absolute atomic E-state index is 13.2. The summed E-state index contributed by atoms with van der Waals surface area (Å²) in [6, 6.07) is 7.55. The second-order valence-electron chi connectivity index (χ2n) is 7.84. The van der Waals surface area contributed by atoms with Crippen LogP contribution in [0, 0.1) is 5.82 Å². The summed E-state index contributed by atoms with van der Waals surface area (Å²) in [5.74, 6) is -2.27. The van der Waals surface area contributed by atoms with Gasteiger partial charge in [0.2, 0.25) is 5.75 Å². The van der Waals surface area contributed by atoms with Crippen LogP contribution in [0.15, 0.2) is 59.2 Å². The highest BCUT2D eigenvalue weighted by atomic mass is 19.1. The van der Waals surface area contributed by atoms with Gasteiger partial charge >= 0.3 is 11.9 Å². The Morgan fingerprint density at radius 2 is 1.53 bits per heavy atom. The van der Waals surface area contributed by atoms with Crippen molar-refractivity contribution >= 4 is 34.8 Å². The molecule has 0 aliphatic rings. The van der Waals surface area contributed by atoms with Gasteiger partial charge < -0.3 is 33.7 Å². The van der Waals surface area contributed by atoms with Gasteiger partial charge in [-0.1, -0.05) is 18.2 Å². The minimum Gasteiger partial charge on any atom is -0.495 e. The number of carbonyl (C=O) groups excluding carboxylic acids is 1. The van der Waals surface area contributed by atoms with Crippen LogP contribution in [0.3, 0.4) is 0 Å². The molecule has 0 bridgehead atoms. The molecule has 202 valence electrons. The zero-order valence-electron chi connectivity index (χ0n) is 21.3. The Kier molecular flexibility index (Phi) is 11.0. The first kappa shape index (κ1) is 29.6. The van der Waals surface area contributed by atoms with Crippen LogP contribution in [-0.4, -0.2) is 74.3 Å². The van der Waals surface area contributed by atoms with E-state index >= 15 is 0 Å². The van der Waals surface area contributed by atoms with E-state index in [2.05, 4.69) is 0 Å². The van der Waals surface area contributed by atoms with E-state index in [4.69, 9.17) is 28.8 Å². The number of ketones is 1. The molecule has 0 spiro atoms. The molecule has 0 amide bonds. The number of carboxylic acid groups (broad SMARTS) is 2. The molecule has 1 aromatic heterocycles. The largest absolute Gasteiger partial charge is 0.495 e. The van der Waals surface area contributed by atoms with E-state index in [1.165, 1.54) is 38.7 Å². The number of rotatable bonds is 11. The van der Waals surface area contributed by atoms with Gasteiger partial charge in [0.15, 0.2) is 17.1 Å². The second-order valence-corrected chi connectivity index (χ2v) is 7.84. The number of fused-ring (bicyclic) bond motifs is 1. The molecule has 0 fully saturated rings. The lowest BCUT2D eigenvalue weighted by atomic mass is 10.0. The summed E-state index contributed by atoms with van der Waals surface area (Å²) in [5.41, 5.74) is 1.36. The van der Waals surface area contributed by atoms with Gasteiger partial charge in [0, 0.05) is 18.7 Å². The molecule has 0 aliphatic carbocycles. The third-order valence-electron chi connectivity index (χ3n) is 4.88. The van der Waals surface area contributed by atoms with E-state index in [9.17, 15) is 18.8 Å². The van der Waals surface area contributed by atoms with E-state index in [0.717, 1.165) is 0 Å². The number of hydrogen-bond acceptors (Lipinski definition) is 8. The second kappa shape index (κ2) is 14.2. The number of ether oxygens (including phenoxy) is 3. The smallest absolute Gasteiger partial charge is 0.328 e. The summed E-state index contributed by atoms with van der Waals surface area (Å²) in [4.78, 5) is 34.3. The molecule has 38 heavy (non-hydrogen) atoms. The number of allylic oxidation sites excluding steroid dienone is 1. The SMILES string of the molecule is COc1c(C(=O)C=Cc2ccc(F)cc2)c(OCCN(C)C)c(OC)c2occc12.O=C(O)/C=C\C(=O)O. The molecule has 0 aliphatic heterocycles. The Morgan fingerprint density at radius 1 is 0.921 bits per heavy atom. The first-order chi connectivity index (χ1) is 18.1. The van der Waals surface area contributed by atoms with Crippen molar-refractivity contribution in [3.63, 3.8) is 0 Å². The zero-order chi connectivity index (χ0) is 28.2. The van der Waals surface area contributed by atoms with Gasteiger partial charge in [0.25, 0.3) is 0 Å². The van der Waals surface area contributed by atoms with E-state index < -0.39 is 11.9 Å². The zero-order valence-corrected chi connectivity index (χ0v) is 21.3. The van der Waals surface area contributed by atoms with E-state index in [0.29, 0.717) is 53.3 Å². The Hall–Kier alpha value is -4.64. The molecule has 3 rings (SSSR count). The minimum absolute atomic E-state index is 0.236. The van der Waals surface area contributed by atoms with Crippen molar-refractivity contribution in [3.05, 3.63) is 71.8 Å². The van der Waals surface area contributed by atoms with Gasteiger partial charge in [-0.15, -0.1) is 0 Å². The van der Waals surface area contributed by atoms with Crippen molar-refractivity contribution in [2.75, 3.05) is 41.5 Å². The maximum atomic E-state index is 13.2. The molecule has 2 aromatic carbocycles. The third kappa shape index (κ3) is 8.20. The molecule has 10 nitrogen and oxygen atoms in total. The average Bonchev–Trinajstić information content (AvgIpc) is 3.35. The van der Waals surface area contributed by atoms with Crippen molar-refractivity contribution in [3.8, 4) is 17.2 Å². The van der Waals surface area contributed by atoms with Crippen LogP contribution in [-0.2, 0) is 9.59 Å².